The Labute approximate surface area is 143 Å². The molecule has 2 aromatic carbocycles. The molecular formula is C19H15FN2O3. The van der Waals surface area contributed by atoms with Gasteiger partial charge in [-0.1, -0.05) is 24.3 Å². The van der Waals surface area contributed by atoms with Gasteiger partial charge in [-0.2, -0.15) is 0 Å². The highest BCUT2D eigenvalue weighted by Crippen LogP contribution is 2.22. The SMILES string of the molecule is O=C(COc1ccc(-c2ccc(O)cc2)cn1)Nc1ccccc1F. The number of carbonyl (C=O) groups excluding carboxylic acids is 1. The van der Waals surface area contributed by atoms with Crippen LogP contribution in [0.4, 0.5) is 10.1 Å². The second-order valence-electron chi connectivity index (χ2n) is 5.25. The first-order chi connectivity index (χ1) is 12.1. The fourth-order valence-corrected chi connectivity index (χ4v) is 2.18. The number of para-hydroxylation sites is 1. The van der Waals surface area contributed by atoms with Crippen molar-refractivity contribution in [2.24, 2.45) is 0 Å². The van der Waals surface area contributed by atoms with Crippen molar-refractivity contribution in [1.29, 1.82) is 0 Å². The molecule has 0 aliphatic heterocycles. The molecule has 2 N–H and O–H groups in total. The zero-order valence-corrected chi connectivity index (χ0v) is 13.1. The van der Waals surface area contributed by atoms with E-state index in [4.69, 9.17) is 4.74 Å². The fraction of sp³-hybridized carbons (Fsp3) is 0.0526. The number of phenols is 1. The lowest BCUT2D eigenvalue weighted by molar-refractivity contribution is -0.118. The number of rotatable bonds is 5. The van der Waals surface area contributed by atoms with Gasteiger partial charge in [0.2, 0.25) is 5.88 Å². The third-order valence-corrected chi connectivity index (χ3v) is 3.44. The van der Waals surface area contributed by atoms with Gasteiger partial charge in [-0.15, -0.1) is 0 Å². The van der Waals surface area contributed by atoms with Crippen LogP contribution in [0.3, 0.4) is 0 Å². The predicted octanol–water partition coefficient (Wildman–Crippen LogP) is 3.61. The van der Waals surface area contributed by atoms with Crippen LogP contribution in [0.1, 0.15) is 0 Å². The summed E-state index contributed by atoms with van der Waals surface area (Å²) in [6.07, 6.45) is 1.61. The minimum Gasteiger partial charge on any atom is -0.508 e. The highest BCUT2D eigenvalue weighted by molar-refractivity contribution is 5.91. The normalized spacial score (nSPS) is 10.3. The number of hydrogen-bond acceptors (Lipinski definition) is 4. The van der Waals surface area contributed by atoms with Crippen LogP contribution in [-0.4, -0.2) is 22.6 Å². The van der Waals surface area contributed by atoms with Gasteiger partial charge in [0, 0.05) is 17.8 Å². The van der Waals surface area contributed by atoms with Crippen LogP contribution >= 0.6 is 0 Å². The number of ether oxygens (including phenoxy) is 1. The van der Waals surface area contributed by atoms with Crippen molar-refractivity contribution < 1.29 is 19.0 Å². The zero-order chi connectivity index (χ0) is 17.6. The molecule has 25 heavy (non-hydrogen) atoms. The van der Waals surface area contributed by atoms with Crippen LogP contribution in [0.2, 0.25) is 0 Å². The topological polar surface area (TPSA) is 71.5 Å². The Morgan fingerprint density at radius 3 is 2.44 bits per heavy atom. The average molecular weight is 338 g/mol. The lowest BCUT2D eigenvalue weighted by atomic mass is 10.1. The smallest absolute Gasteiger partial charge is 0.262 e. The number of hydrogen-bond donors (Lipinski definition) is 2. The molecule has 0 aliphatic carbocycles. The molecule has 6 heteroatoms. The van der Waals surface area contributed by atoms with Crippen molar-refractivity contribution in [3.63, 3.8) is 0 Å². The molecule has 1 heterocycles. The number of nitrogens with zero attached hydrogens (tertiary/aromatic N) is 1. The molecule has 0 saturated carbocycles. The van der Waals surface area contributed by atoms with Gasteiger partial charge >= 0.3 is 0 Å². The van der Waals surface area contributed by atoms with Crippen molar-refractivity contribution >= 4 is 11.6 Å². The molecule has 0 radical (unpaired) electrons. The number of phenolic OH excluding ortho intramolecular Hbond substituents is 1. The molecular weight excluding hydrogens is 323 g/mol. The maximum Gasteiger partial charge on any atom is 0.262 e. The Kier molecular flexibility index (Phi) is 4.89. The van der Waals surface area contributed by atoms with Crippen LogP contribution in [0.25, 0.3) is 11.1 Å². The Hall–Kier alpha value is -3.41. The molecule has 0 fully saturated rings. The van der Waals surface area contributed by atoms with Gasteiger partial charge < -0.3 is 15.2 Å². The molecule has 0 saturated heterocycles. The Morgan fingerprint density at radius 2 is 1.76 bits per heavy atom. The summed E-state index contributed by atoms with van der Waals surface area (Å²) in [6.45, 7) is -0.278. The molecule has 0 spiro atoms. The lowest BCUT2D eigenvalue weighted by Gasteiger charge is -2.08. The minimum atomic E-state index is -0.507. The van der Waals surface area contributed by atoms with Crippen molar-refractivity contribution in [1.82, 2.24) is 4.98 Å². The summed E-state index contributed by atoms with van der Waals surface area (Å²) in [4.78, 5) is 15.9. The Morgan fingerprint density at radius 1 is 1.04 bits per heavy atom. The van der Waals surface area contributed by atoms with E-state index in [9.17, 15) is 14.3 Å². The first-order valence-electron chi connectivity index (χ1n) is 7.54. The highest BCUT2D eigenvalue weighted by Gasteiger charge is 2.08. The highest BCUT2D eigenvalue weighted by atomic mass is 19.1. The maximum atomic E-state index is 13.5. The number of halogens is 1. The number of carbonyl (C=O) groups is 1. The number of amides is 1. The van der Waals surface area contributed by atoms with E-state index in [-0.39, 0.29) is 23.9 Å². The summed E-state index contributed by atoms with van der Waals surface area (Å²) in [7, 11) is 0. The quantitative estimate of drug-likeness (QED) is 0.745. The molecule has 126 valence electrons. The van der Waals surface area contributed by atoms with E-state index in [0.29, 0.717) is 0 Å². The summed E-state index contributed by atoms with van der Waals surface area (Å²) < 4.78 is 18.8. The molecule has 1 aromatic heterocycles. The van der Waals surface area contributed by atoms with Gasteiger partial charge in [0.25, 0.3) is 5.91 Å². The number of aromatic hydroxyl groups is 1. The van der Waals surface area contributed by atoms with Gasteiger partial charge in [-0.3, -0.25) is 4.79 Å². The standard InChI is InChI=1S/C19H15FN2O3/c20-16-3-1-2-4-17(16)22-18(24)12-25-19-10-7-14(11-21-19)13-5-8-15(23)9-6-13/h1-11,23H,12H2,(H,22,24). The minimum absolute atomic E-state index is 0.103. The van der Waals surface area contributed by atoms with Crippen LogP contribution in [0.15, 0.2) is 66.9 Å². The number of pyridine rings is 1. The molecule has 5 nitrogen and oxygen atoms in total. The van der Waals surface area contributed by atoms with Crippen LogP contribution in [0.5, 0.6) is 11.6 Å². The molecule has 0 atom stereocenters. The van der Waals surface area contributed by atoms with E-state index < -0.39 is 11.7 Å². The van der Waals surface area contributed by atoms with Gasteiger partial charge in [-0.05, 0) is 35.9 Å². The van der Waals surface area contributed by atoms with Gasteiger partial charge in [0.1, 0.15) is 11.6 Å². The first kappa shape index (κ1) is 16.4. The average Bonchev–Trinajstić information content (AvgIpc) is 2.63. The second-order valence-corrected chi connectivity index (χ2v) is 5.25. The molecule has 0 unspecified atom stereocenters. The third kappa shape index (κ3) is 4.32. The number of aromatic nitrogens is 1. The van der Waals surface area contributed by atoms with Crippen LogP contribution in [0, 0.1) is 5.82 Å². The second kappa shape index (κ2) is 7.44. The van der Waals surface area contributed by atoms with Crippen LogP contribution < -0.4 is 10.1 Å². The first-order valence-corrected chi connectivity index (χ1v) is 7.54. The summed E-state index contributed by atoms with van der Waals surface area (Å²) in [6, 6.07) is 16.1. The molecule has 3 rings (SSSR count). The summed E-state index contributed by atoms with van der Waals surface area (Å²) in [5, 5.41) is 11.7. The van der Waals surface area contributed by atoms with E-state index in [2.05, 4.69) is 10.3 Å². The van der Waals surface area contributed by atoms with Crippen molar-refractivity contribution in [3.8, 4) is 22.8 Å². The van der Waals surface area contributed by atoms with Gasteiger partial charge in [0.15, 0.2) is 6.61 Å². The fourth-order valence-electron chi connectivity index (χ4n) is 2.18. The van der Waals surface area contributed by atoms with Crippen molar-refractivity contribution in [2.75, 3.05) is 11.9 Å². The van der Waals surface area contributed by atoms with E-state index >= 15 is 0 Å². The van der Waals surface area contributed by atoms with Crippen molar-refractivity contribution in [2.45, 2.75) is 0 Å². The van der Waals surface area contributed by atoms with E-state index in [0.717, 1.165) is 11.1 Å². The van der Waals surface area contributed by atoms with Crippen molar-refractivity contribution in [3.05, 3.63) is 72.7 Å². The van der Waals surface area contributed by atoms with Crippen LogP contribution in [-0.2, 0) is 4.79 Å². The monoisotopic (exact) mass is 338 g/mol. The lowest BCUT2D eigenvalue weighted by Crippen LogP contribution is -2.21. The van der Waals surface area contributed by atoms with E-state index in [1.807, 2.05) is 0 Å². The molecule has 3 aromatic rings. The summed E-state index contributed by atoms with van der Waals surface area (Å²) in [5.41, 5.74) is 1.85. The van der Waals surface area contributed by atoms with E-state index in [1.165, 1.54) is 12.1 Å². The molecule has 0 aliphatic rings. The van der Waals surface area contributed by atoms with Gasteiger partial charge in [0.05, 0.1) is 5.69 Å². The summed E-state index contributed by atoms with van der Waals surface area (Å²) >= 11 is 0. The predicted molar refractivity (Wildman–Crippen MR) is 91.9 cm³/mol. The van der Waals surface area contributed by atoms with Gasteiger partial charge in [-0.25, -0.2) is 9.37 Å². The Balaban J connectivity index is 1.57. The van der Waals surface area contributed by atoms with E-state index in [1.54, 1.807) is 54.7 Å². The maximum absolute atomic E-state index is 13.5. The summed E-state index contributed by atoms with van der Waals surface area (Å²) in [5.74, 6) is -0.509. The third-order valence-electron chi connectivity index (χ3n) is 3.44. The number of benzene rings is 2. The largest absolute Gasteiger partial charge is 0.508 e. The molecule has 1 amide bonds. The zero-order valence-electron chi connectivity index (χ0n) is 13.1. The Bertz CT molecular complexity index is 865. The number of anilines is 1. The molecule has 0 bridgehead atoms. The number of nitrogens with one attached hydrogen (secondary N) is 1.